The number of para-hydroxylation sites is 1. The van der Waals surface area contributed by atoms with Gasteiger partial charge in [0, 0.05) is 37.6 Å². The Bertz CT molecular complexity index is 1460. The van der Waals surface area contributed by atoms with E-state index in [1.54, 1.807) is 25.1 Å². The number of nitrogens with one attached hydrogen (secondary N) is 2. The number of rotatable bonds is 7. The van der Waals surface area contributed by atoms with Crippen molar-refractivity contribution in [3.63, 3.8) is 0 Å². The molecule has 0 saturated carbocycles. The van der Waals surface area contributed by atoms with Gasteiger partial charge in [0.25, 0.3) is 11.8 Å². The second kappa shape index (κ2) is 13.1. The number of hydrogen-bond acceptors (Lipinski definition) is 7. The summed E-state index contributed by atoms with van der Waals surface area (Å²) in [6, 6.07) is 7.61. The van der Waals surface area contributed by atoms with Crippen LogP contribution in [0, 0.1) is 5.92 Å². The van der Waals surface area contributed by atoms with Gasteiger partial charge in [-0.15, -0.1) is 0 Å². The molecule has 0 aliphatic carbocycles. The lowest BCUT2D eigenvalue weighted by molar-refractivity contribution is -0.137. The molecule has 228 valence electrons. The number of anilines is 2. The number of carbonyl (C=O) groups excluding carboxylic acids is 3. The Kier molecular flexibility index (Phi) is 9.49. The number of halogens is 3. The van der Waals surface area contributed by atoms with Gasteiger partial charge in [0.1, 0.15) is 11.8 Å². The lowest BCUT2D eigenvalue weighted by Gasteiger charge is -2.38. The Hall–Kier alpha value is -4.72. The van der Waals surface area contributed by atoms with Crippen LogP contribution < -0.4 is 15.4 Å². The molecule has 11 nitrogen and oxygen atoms in total. The highest BCUT2D eigenvalue weighted by Crippen LogP contribution is 2.35. The third-order valence-electron chi connectivity index (χ3n) is 7.00. The number of aliphatic hydroxyl groups is 1. The van der Waals surface area contributed by atoms with E-state index in [1.807, 2.05) is 6.92 Å². The third-order valence-corrected chi connectivity index (χ3v) is 7.00. The van der Waals surface area contributed by atoms with Gasteiger partial charge in [-0.1, -0.05) is 13.0 Å². The first-order valence-electron chi connectivity index (χ1n) is 13.4. The van der Waals surface area contributed by atoms with Crippen LogP contribution in [0.1, 0.15) is 40.3 Å². The molecule has 14 heteroatoms. The number of fused-ring (bicyclic) bond motifs is 1. The van der Waals surface area contributed by atoms with Gasteiger partial charge in [-0.2, -0.15) is 13.2 Å². The number of ether oxygens (including phenoxy) is 1. The van der Waals surface area contributed by atoms with E-state index in [0.29, 0.717) is 0 Å². The molecule has 3 aromatic rings. The number of aliphatic hydroxyl groups excluding tert-OH is 1. The first kappa shape index (κ1) is 31.2. The maximum Gasteiger partial charge on any atom is 0.416 e. The van der Waals surface area contributed by atoms with E-state index < -0.39 is 41.7 Å². The summed E-state index contributed by atoms with van der Waals surface area (Å²) in [5.41, 5.74) is -0.297. The van der Waals surface area contributed by atoms with Crippen molar-refractivity contribution in [3.8, 4) is 5.75 Å². The van der Waals surface area contributed by atoms with Crippen molar-refractivity contribution in [2.75, 3.05) is 37.4 Å². The van der Waals surface area contributed by atoms with Crippen molar-refractivity contribution in [1.29, 1.82) is 0 Å². The van der Waals surface area contributed by atoms with Crippen molar-refractivity contribution < 1.29 is 37.4 Å². The van der Waals surface area contributed by atoms with Crippen LogP contribution in [0.2, 0.25) is 0 Å². The van der Waals surface area contributed by atoms with Gasteiger partial charge in [-0.25, -0.2) is 9.78 Å². The number of likely N-dealkylation sites (N-methyl/N-ethyl adjacent to an activating group) is 1. The molecule has 2 heterocycles. The second-order valence-corrected chi connectivity index (χ2v) is 10.2. The van der Waals surface area contributed by atoms with Crippen LogP contribution in [0.5, 0.6) is 5.75 Å². The second-order valence-electron chi connectivity index (χ2n) is 10.2. The largest absolute Gasteiger partial charge is 0.485 e. The minimum Gasteiger partial charge on any atom is -0.485 e. The highest BCUT2D eigenvalue weighted by Gasteiger charge is 2.35. The maximum atomic E-state index is 13.6. The molecule has 2 aromatic carbocycles. The molecule has 0 unspecified atom stereocenters. The van der Waals surface area contributed by atoms with Gasteiger partial charge in [-0.3, -0.25) is 14.6 Å². The molecule has 4 rings (SSSR count). The summed E-state index contributed by atoms with van der Waals surface area (Å²) in [5.74, 6) is -1.28. The predicted octanol–water partition coefficient (Wildman–Crippen LogP) is 4.13. The van der Waals surface area contributed by atoms with Gasteiger partial charge >= 0.3 is 12.2 Å². The van der Waals surface area contributed by atoms with Gasteiger partial charge in [0.2, 0.25) is 0 Å². The maximum absolute atomic E-state index is 13.6. The summed E-state index contributed by atoms with van der Waals surface area (Å²) >= 11 is 0. The van der Waals surface area contributed by atoms with Crippen LogP contribution in [0.15, 0.2) is 61.1 Å². The quantitative estimate of drug-likeness (QED) is 0.371. The first-order chi connectivity index (χ1) is 20.4. The Labute approximate surface area is 245 Å². The van der Waals surface area contributed by atoms with Crippen LogP contribution in [0.4, 0.5) is 29.3 Å². The molecular formula is C29H31F3N6O5. The summed E-state index contributed by atoms with van der Waals surface area (Å²) in [4.78, 5) is 50.2. The molecule has 4 amide bonds. The summed E-state index contributed by atoms with van der Waals surface area (Å²) in [5, 5.41) is 15.1. The highest BCUT2D eigenvalue weighted by molar-refractivity contribution is 6.06. The van der Waals surface area contributed by atoms with Crippen LogP contribution >= 0.6 is 0 Å². The molecule has 0 fully saturated rings. The summed E-state index contributed by atoms with van der Waals surface area (Å²) < 4.78 is 45.1. The molecule has 0 saturated heterocycles. The molecule has 0 radical (unpaired) electrons. The van der Waals surface area contributed by atoms with Crippen molar-refractivity contribution >= 4 is 29.2 Å². The van der Waals surface area contributed by atoms with Crippen molar-refractivity contribution in [2.45, 2.75) is 32.2 Å². The molecule has 0 bridgehead atoms. The van der Waals surface area contributed by atoms with E-state index in [-0.39, 0.29) is 54.0 Å². The van der Waals surface area contributed by atoms with E-state index in [4.69, 9.17) is 4.74 Å². The monoisotopic (exact) mass is 600 g/mol. The average Bonchev–Trinajstić information content (AvgIpc) is 2.99. The zero-order valence-electron chi connectivity index (χ0n) is 23.6. The number of aromatic nitrogens is 2. The Morgan fingerprint density at radius 3 is 2.51 bits per heavy atom. The fourth-order valence-corrected chi connectivity index (χ4v) is 4.48. The third kappa shape index (κ3) is 7.38. The van der Waals surface area contributed by atoms with Crippen LogP contribution in [0.3, 0.4) is 0 Å². The molecule has 1 aromatic heterocycles. The summed E-state index contributed by atoms with van der Waals surface area (Å²) in [6.07, 6.45) is -1.14. The lowest BCUT2D eigenvalue weighted by atomic mass is 9.99. The average molecular weight is 601 g/mol. The Balaban J connectivity index is 1.61. The standard InChI is InChI=1S/C29H31F3N6O5/c1-17-14-38(18(2)16-39)27(41)21-5-4-6-22(36-26(40)23-13-33-11-12-34-23)25(21)43-24(17)15-37(3)28(42)35-20-9-7-19(8-10-20)29(30,31)32/h4-13,17-18,24,39H,14-16H2,1-3H3,(H,35,42)(H,36,40)/t17-,18+,24+/m1/s1. The van der Waals surface area contributed by atoms with E-state index in [1.165, 1.54) is 35.4 Å². The SMILES string of the molecule is C[C@@H]1CN([C@@H](C)CO)C(=O)c2cccc(NC(=O)c3cnccn3)c2O[C@H]1CN(C)C(=O)Nc1ccc(C(F)(F)F)cc1. The zero-order valence-corrected chi connectivity index (χ0v) is 23.6. The van der Waals surface area contributed by atoms with E-state index >= 15 is 0 Å². The topological polar surface area (TPSA) is 137 Å². The molecule has 3 N–H and O–H groups in total. The number of benzene rings is 2. The molecular weight excluding hydrogens is 569 g/mol. The zero-order chi connectivity index (χ0) is 31.3. The Morgan fingerprint density at radius 2 is 1.88 bits per heavy atom. The number of carbonyl (C=O) groups is 3. The molecule has 43 heavy (non-hydrogen) atoms. The minimum absolute atomic E-state index is 0.00898. The smallest absolute Gasteiger partial charge is 0.416 e. The van der Waals surface area contributed by atoms with Crippen molar-refractivity contribution in [1.82, 2.24) is 19.8 Å². The van der Waals surface area contributed by atoms with Crippen LogP contribution in [-0.4, -0.2) is 81.6 Å². The lowest BCUT2D eigenvalue weighted by Crippen LogP contribution is -2.50. The summed E-state index contributed by atoms with van der Waals surface area (Å²) in [7, 11) is 1.50. The van der Waals surface area contributed by atoms with E-state index in [9.17, 15) is 32.7 Å². The summed E-state index contributed by atoms with van der Waals surface area (Å²) in [6.45, 7) is 3.43. The first-order valence-corrected chi connectivity index (χ1v) is 13.4. The number of hydrogen-bond donors (Lipinski definition) is 3. The van der Waals surface area contributed by atoms with Crippen molar-refractivity contribution in [2.24, 2.45) is 5.92 Å². The predicted molar refractivity (Wildman–Crippen MR) is 151 cm³/mol. The van der Waals surface area contributed by atoms with Gasteiger partial charge in [0.15, 0.2) is 5.75 Å². The highest BCUT2D eigenvalue weighted by atomic mass is 19.4. The molecule has 1 aliphatic heterocycles. The van der Waals surface area contributed by atoms with Gasteiger partial charge in [-0.05, 0) is 43.3 Å². The Morgan fingerprint density at radius 1 is 1.16 bits per heavy atom. The number of nitrogens with zero attached hydrogens (tertiary/aromatic N) is 4. The van der Waals surface area contributed by atoms with Crippen LogP contribution in [-0.2, 0) is 6.18 Å². The molecule has 0 spiro atoms. The van der Waals surface area contributed by atoms with E-state index in [0.717, 1.165) is 24.3 Å². The number of alkyl halides is 3. The van der Waals surface area contributed by atoms with Gasteiger partial charge in [0.05, 0.1) is 42.2 Å². The number of amides is 4. The fourth-order valence-electron chi connectivity index (χ4n) is 4.48. The van der Waals surface area contributed by atoms with Crippen molar-refractivity contribution in [3.05, 3.63) is 77.9 Å². The van der Waals surface area contributed by atoms with Gasteiger partial charge < -0.3 is 30.3 Å². The minimum atomic E-state index is -4.50. The number of urea groups is 1. The fraction of sp³-hybridized carbons (Fsp3) is 0.345. The molecule has 3 atom stereocenters. The molecule has 1 aliphatic rings. The van der Waals surface area contributed by atoms with E-state index in [2.05, 4.69) is 20.6 Å². The van der Waals surface area contributed by atoms with Crippen LogP contribution in [0.25, 0.3) is 0 Å². The normalized spacial score (nSPS) is 17.6.